The minimum atomic E-state index is 0.137. The van der Waals surface area contributed by atoms with Crippen molar-refractivity contribution in [2.75, 3.05) is 20.3 Å². The number of morpholine rings is 1. The van der Waals surface area contributed by atoms with Crippen LogP contribution >= 0.6 is 0 Å². The van der Waals surface area contributed by atoms with E-state index in [1.54, 1.807) is 0 Å². The molecule has 2 atom stereocenters. The fourth-order valence-corrected chi connectivity index (χ4v) is 4.35. The molecule has 3 nitrogen and oxygen atoms in total. The number of carbonyl (C=O) groups is 1. The van der Waals surface area contributed by atoms with Crippen molar-refractivity contribution in [3.05, 3.63) is 34.9 Å². The number of hydrogen-bond acceptors (Lipinski definition) is 3. The Hall–Kier alpha value is -1.19. The lowest BCUT2D eigenvalue weighted by atomic mass is 9.77. The van der Waals surface area contributed by atoms with Crippen molar-refractivity contribution in [2.24, 2.45) is 5.92 Å². The molecular weight excluding hydrogens is 298 g/mol. The Morgan fingerprint density at radius 1 is 1.04 bits per heavy atom. The maximum Gasteiger partial charge on any atom is 0.166 e. The fraction of sp³-hybridized carbons (Fsp3) is 0.667. The van der Waals surface area contributed by atoms with Gasteiger partial charge in [0.1, 0.15) is 0 Å². The van der Waals surface area contributed by atoms with Crippen LogP contribution in [0.15, 0.2) is 18.2 Å². The van der Waals surface area contributed by atoms with Crippen molar-refractivity contribution in [1.29, 1.82) is 0 Å². The average Bonchev–Trinajstić information content (AvgIpc) is 2.53. The summed E-state index contributed by atoms with van der Waals surface area (Å²) in [4.78, 5) is 16.0. The Kier molecular flexibility index (Phi) is 5.12. The molecule has 0 spiro atoms. The molecule has 0 aliphatic carbocycles. The first-order chi connectivity index (χ1) is 11.4. The lowest BCUT2D eigenvalue weighted by Gasteiger charge is -2.46. The van der Waals surface area contributed by atoms with Gasteiger partial charge in [-0.05, 0) is 42.9 Å². The molecule has 2 saturated heterocycles. The lowest BCUT2D eigenvalue weighted by molar-refractivity contribution is -0.0702. The highest BCUT2D eigenvalue weighted by Gasteiger charge is 2.40. The van der Waals surface area contributed by atoms with Crippen molar-refractivity contribution < 1.29 is 9.53 Å². The molecule has 1 aromatic rings. The summed E-state index contributed by atoms with van der Waals surface area (Å²) >= 11 is 0. The largest absolute Gasteiger partial charge is 0.378 e. The molecule has 2 aliphatic rings. The van der Waals surface area contributed by atoms with Crippen molar-refractivity contribution >= 4 is 5.78 Å². The summed E-state index contributed by atoms with van der Waals surface area (Å²) in [6.45, 7) is 10.3. The minimum absolute atomic E-state index is 0.137. The quantitative estimate of drug-likeness (QED) is 0.774. The van der Waals surface area contributed by atoms with Crippen LogP contribution in [0.1, 0.15) is 73.9 Å². The molecule has 2 heterocycles. The first-order valence-electron chi connectivity index (χ1n) is 9.36. The zero-order chi connectivity index (χ0) is 17.4. The number of fused-ring (bicyclic) bond motifs is 2. The van der Waals surface area contributed by atoms with E-state index < -0.39 is 0 Å². The summed E-state index contributed by atoms with van der Waals surface area (Å²) in [5.74, 6) is 1.25. The van der Waals surface area contributed by atoms with Crippen molar-refractivity contribution in [3.8, 4) is 0 Å². The highest BCUT2D eigenvalue weighted by atomic mass is 16.5. The first kappa shape index (κ1) is 17.6. The van der Waals surface area contributed by atoms with Gasteiger partial charge >= 0.3 is 0 Å². The molecule has 0 amide bonds. The van der Waals surface area contributed by atoms with Gasteiger partial charge in [-0.3, -0.25) is 9.69 Å². The topological polar surface area (TPSA) is 29.5 Å². The number of benzene rings is 1. The number of Topliss-reactive ketones (excluding diaryl/α,β-unsaturated/α-hetero) is 1. The molecule has 2 aliphatic heterocycles. The Morgan fingerprint density at radius 2 is 1.54 bits per heavy atom. The zero-order valence-electron chi connectivity index (χ0n) is 15.7. The summed E-state index contributed by atoms with van der Waals surface area (Å²) in [5.41, 5.74) is 3.44. The van der Waals surface area contributed by atoms with E-state index in [0.29, 0.717) is 29.7 Å². The number of rotatable bonds is 4. The van der Waals surface area contributed by atoms with E-state index in [4.69, 9.17) is 4.74 Å². The zero-order valence-corrected chi connectivity index (χ0v) is 15.7. The third-order valence-corrected chi connectivity index (χ3v) is 5.88. The SMILES string of the molecule is CC(C)c1cccc(C(C)C)c1C(=O)C1CC2COCC(C1)N2C. The van der Waals surface area contributed by atoms with E-state index in [1.165, 1.54) is 11.1 Å². The second-order valence-electron chi connectivity index (χ2n) is 8.16. The van der Waals surface area contributed by atoms with Crippen LogP contribution in [0.3, 0.4) is 0 Å². The van der Waals surface area contributed by atoms with E-state index in [2.05, 4.69) is 57.8 Å². The van der Waals surface area contributed by atoms with Gasteiger partial charge < -0.3 is 4.74 Å². The number of hydrogen-bond donors (Lipinski definition) is 0. The van der Waals surface area contributed by atoms with Gasteiger partial charge in [-0.1, -0.05) is 45.9 Å². The average molecular weight is 329 g/mol. The summed E-state index contributed by atoms with van der Waals surface area (Å²) in [5, 5.41) is 0. The molecule has 1 aromatic carbocycles. The maximum atomic E-state index is 13.5. The third-order valence-electron chi connectivity index (χ3n) is 5.88. The van der Waals surface area contributed by atoms with Crippen LogP contribution in [0.25, 0.3) is 0 Å². The van der Waals surface area contributed by atoms with Crippen LogP contribution in [0.2, 0.25) is 0 Å². The Labute approximate surface area is 146 Å². The van der Waals surface area contributed by atoms with Crippen LogP contribution in [0, 0.1) is 5.92 Å². The second kappa shape index (κ2) is 6.97. The van der Waals surface area contributed by atoms with Crippen LogP contribution in [0.5, 0.6) is 0 Å². The molecule has 0 N–H and O–H groups in total. The summed E-state index contributed by atoms with van der Waals surface area (Å²) < 4.78 is 5.71. The molecule has 2 unspecified atom stereocenters. The highest BCUT2D eigenvalue weighted by Crippen LogP contribution is 2.36. The second-order valence-corrected chi connectivity index (χ2v) is 8.16. The van der Waals surface area contributed by atoms with Gasteiger partial charge in [-0.2, -0.15) is 0 Å². The molecule has 0 saturated carbocycles. The van der Waals surface area contributed by atoms with E-state index in [-0.39, 0.29) is 5.92 Å². The molecule has 2 bridgehead atoms. The molecule has 2 fully saturated rings. The standard InChI is InChI=1S/C21H31NO2/c1-13(2)18-7-6-8-19(14(3)4)20(18)21(23)15-9-16-11-24-12-17(10-15)22(16)5/h6-8,13-17H,9-12H2,1-5H3. The predicted molar refractivity (Wildman–Crippen MR) is 97.8 cm³/mol. The summed E-state index contributed by atoms with van der Waals surface area (Å²) in [6, 6.07) is 7.17. The van der Waals surface area contributed by atoms with E-state index in [1.807, 2.05) is 0 Å². The predicted octanol–water partition coefficient (Wildman–Crippen LogP) is 4.23. The monoisotopic (exact) mass is 329 g/mol. The molecule has 3 rings (SSSR count). The fourth-order valence-electron chi connectivity index (χ4n) is 4.35. The molecule has 24 heavy (non-hydrogen) atoms. The Balaban J connectivity index is 1.95. The lowest BCUT2D eigenvalue weighted by Crippen LogP contribution is -2.55. The van der Waals surface area contributed by atoms with E-state index in [0.717, 1.165) is 31.6 Å². The van der Waals surface area contributed by atoms with Crippen molar-refractivity contribution in [2.45, 2.75) is 64.5 Å². The minimum Gasteiger partial charge on any atom is -0.378 e. The third kappa shape index (κ3) is 3.16. The van der Waals surface area contributed by atoms with Gasteiger partial charge in [-0.15, -0.1) is 0 Å². The summed E-state index contributed by atoms with van der Waals surface area (Å²) in [7, 11) is 2.18. The number of ketones is 1. The van der Waals surface area contributed by atoms with Crippen molar-refractivity contribution in [3.63, 3.8) is 0 Å². The van der Waals surface area contributed by atoms with Crippen LogP contribution in [-0.4, -0.2) is 43.0 Å². The number of nitrogens with zero attached hydrogens (tertiary/aromatic N) is 1. The van der Waals surface area contributed by atoms with E-state index in [9.17, 15) is 4.79 Å². The molecule has 132 valence electrons. The number of likely N-dealkylation sites (N-methyl/N-ethyl adjacent to an activating group) is 1. The highest BCUT2D eigenvalue weighted by molar-refractivity contribution is 6.01. The van der Waals surface area contributed by atoms with Gasteiger partial charge in [0.2, 0.25) is 0 Å². The molecule has 0 radical (unpaired) electrons. The normalized spacial score (nSPS) is 27.7. The Morgan fingerprint density at radius 3 is 2.00 bits per heavy atom. The smallest absolute Gasteiger partial charge is 0.166 e. The van der Waals surface area contributed by atoms with Crippen molar-refractivity contribution in [1.82, 2.24) is 4.90 Å². The summed E-state index contributed by atoms with van der Waals surface area (Å²) in [6.07, 6.45) is 1.85. The first-order valence-corrected chi connectivity index (χ1v) is 9.36. The van der Waals surface area contributed by atoms with Gasteiger partial charge in [-0.25, -0.2) is 0 Å². The van der Waals surface area contributed by atoms with Gasteiger partial charge in [0.05, 0.1) is 13.2 Å². The molecular formula is C21H31NO2. The van der Waals surface area contributed by atoms with Crippen LogP contribution < -0.4 is 0 Å². The van der Waals surface area contributed by atoms with Gasteiger partial charge in [0.15, 0.2) is 5.78 Å². The van der Waals surface area contributed by atoms with E-state index >= 15 is 0 Å². The maximum absolute atomic E-state index is 13.5. The molecule has 3 heteroatoms. The van der Waals surface area contributed by atoms with Gasteiger partial charge in [0.25, 0.3) is 0 Å². The van der Waals surface area contributed by atoms with Crippen LogP contribution in [-0.2, 0) is 4.74 Å². The number of ether oxygens (including phenoxy) is 1. The Bertz CT molecular complexity index is 568. The number of piperidine rings is 1. The molecule has 0 aromatic heterocycles. The van der Waals surface area contributed by atoms with Gasteiger partial charge in [0, 0.05) is 23.6 Å². The number of carbonyl (C=O) groups excluding carboxylic acids is 1. The van der Waals surface area contributed by atoms with Crippen LogP contribution in [0.4, 0.5) is 0 Å².